The molecule has 1 N–H and O–H groups in total. The lowest BCUT2D eigenvalue weighted by atomic mass is 10.4. The number of hydrogen-bond acceptors (Lipinski definition) is 4. The van der Waals surface area contributed by atoms with Crippen molar-refractivity contribution in [2.45, 2.75) is 25.6 Å². The highest BCUT2D eigenvalue weighted by atomic mass is 32.1. The molecule has 110 valence electrons. The predicted molar refractivity (Wildman–Crippen MR) is 60.4 cm³/mol. The number of alkyl halides is 5. The zero-order valence-corrected chi connectivity index (χ0v) is 10.7. The van der Waals surface area contributed by atoms with Gasteiger partial charge in [0.1, 0.15) is 6.61 Å². The van der Waals surface area contributed by atoms with Crippen LogP contribution in [0.1, 0.15) is 10.7 Å². The summed E-state index contributed by atoms with van der Waals surface area (Å²) in [4.78, 5) is 4.07. The average molecular weight is 304 g/mol. The molecule has 9 heteroatoms. The molecular weight excluding hydrogens is 291 g/mol. The van der Waals surface area contributed by atoms with Gasteiger partial charge in [0.15, 0.2) is 0 Å². The van der Waals surface area contributed by atoms with E-state index in [4.69, 9.17) is 0 Å². The van der Waals surface area contributed by atoms with Crippen LogP contribution in [0.15, 0.2) is 5.38 Å². The summed E-state index contributed by atoms with van der Waals surface area (Å²) in [6.07, 6.45) is -6.38. The first-order chi connectivity index (χ1) is 8.87. The van der Waals surface area contributed by atoms with E-state index >= 15 is 0 Å². The maximum absolute atomic E-state index is 11.9. The van der Waals surface area contributed by atoms with Gasteiger partial charge in [-0.3, -0.25) is 0 Å². The van der Waals surface area contributed by atoms with Crippen LogP contribution in [-0.4, -0.2) is 37.3 Å². The highest BCUT2D eigenvalue weighted by molar-refractivity contribution is 7.09. The molecule has 0 radical (unpaired) electrons. The van der Waals surface area contributed by atoms with E-state index in [-0.39, 0.29) is 13.2 Å². The van der Waals surface area contributed by atoms with Gasteiger partial charge in [0.25, 0.3) is 6.43 Å². The van der Waals surface area contributed by atoms with Crippen molar-refractivity contribution in [2.75, 3.05) is 19.8 Å². The molecule has 0 atom stereocenters. The van der Waals surface area contributed by atoms with E-state index in [1.165, 1.54) is 11.3 Å². The molecule has 1 aromatic heterocycles. The Morgan fingerprint density at radius 1 is 1.37 bits per heavy atom. The van der Waals surface area contributed by atoms with Gasteiger partial charge >= 0.3 is 6.18 Å². The van der Waals surface area contributed by atoms with Crippen molar-refractivity contribution in [3.8, 4) is 0 Å². The summed E-state index contributed by atoms with van der Waals surface area (Å²) >= 11 is 1.27. The number of nitrogens with zero attached hydrogens (tertiary/aromatic N) is 1. The van der Waals surface area contributed by atoms with Crippen LogP contribution >= 0.6 is 11.3 Å². The lowest BCUT2D eigenvalue weighted by Crippen LogP contribution is -2.28. The van der Waals surface area contributed by atoms with E-state index in [1.54, 1.807) is 5.38 Å². The van der Waals surface area contributed by atoms with E-state index in [1.807, 2.05) is 0 Å². The van der Waals surface area contributed by atoms with Gasteiger partial charge in [0, 0.05) is 18.3 Å². The summed E-state index contributed by atoms with van der Waals surface area (Å²) in [5.74, 6) is 0. The molecular formula is C10H13F5N2OS. The molecule has 0 aliphatic rings. The van der Waals surface area contributed by atoms with E-state index in [2.05, 4.69) is 15.0 Å². The van der Waals surface area contributed by atoms with Gasteiger partial charge in [-0.2, -0.15) is 13.2 Å². The quantitative estimate of drug-likeness (QED) is 0.592. The molecule has 1 aromatic rings. The summed E-state index contributed by atoms with van der Waals surface area (Å²) in [5.41, 5.74) is 0.498. The van der Waals surface area contributed by atoms with Crippen LogP contribution in [0.5, 0.6) is 0 Å². The Balaban J connectivity index is 2.21. The molecule has 0 fully saturated rings. The molecule has 0 saturated heterocycles. The van der Waals surface area contributed by atoms with Crippen LogP contribution < -0.4 is 5.32 Å². The zero-order chi connectivity index (χ0) is 14.3. The summed E-state index contributed by atoms with van der Waals surface area (Å²) in [6.45, 7) is -1.55. The van der Waals surface area contributed by atoms with Crippen LogP contribution in [0, 0.1) is 0 Å². The van der Waals surface area contributed by atoms with Crippen molar-refractivity contribution < 1.29 is 26.7 Å². The smallest absolute Gasteiger partial charge is 0.375 e. The summed E-state index contributed by atoms with van der Waals surface area (Å²) < 4.78 is 63.8. The minimum Gasteiger partial charge on any atom is -0.375 e. The second-order valence-corrected chi connectivity index (χ2v) is 4.61. The third kappa shape index (κ3) is 8.06. The molecule has 1 heterocycles. The molecule has 0 unspecified atom stereocenters. The van der Waals surface area contributed by atoms with Gasteiger partial charge in [0.05, 0.1) is 23.9 Å². The lowest BCUT2D eigenvalue weighted by Gasteiger charge is -2.06. The average Bonchev–Trinajstić information content (AvgIpc) is 2.70. The number of rotatable bonds is 8. The van der Waals surface area contributed by atoms with Gasteiger partial charge in [0.2, 0.25) is 0 Å². The number of thiazole rings is 1. The van der Waals surface area contributed by atoms with Gasteiger partial charge in [-0.1, -0.05) is 0 Å². The van der Waals surface area contributed by atoms with Crippen LogP contribution in [0.4, 0.5) is 22.0 Å². The van der Waals surface area contributed by atoms with Gasteiger partial charge in [-0.05, 0) is 0 Å². The molecule has 19 heavy (non-hydrogen) atoms. The number of aromatic nitrogens is 1. The van der Waals surface area contributed by atoms with Crippen LogP contribution in [0.2, 0.25) is 0 Å². The molecule has 0 aliphatic heterocycles. The van der Waals surface area contributed by atoms with Crippen LogP contribution in [0.3, 0.4) is 0 Å². The second-order valence-electron chi connectivity index (χ2n) is 3.67. The topological polar surface area (TPSA) is 34.1 Å². The van der Waals surface area contributed by atoms with Crippen molar-refractivity contribution in [3.05, 3.63) is 16.1 Å². The highest BCUT2D eigenvalue weighted by Gasteiger charge is 2.26. The zero-order valence-electron chi connectivity index (χ0n) is 9.84. The van der Waals surface area contributed by atoms with Crippen molar-refractivity contribution in [1.29, 1.82) is 0 Å². The number of nitrogens with one attached hydrogen (secondary N) is 1. The molecule has 0 amide bonds. The minimum atomic E-state index is -4.25. The fraction of sp³-hybridized carbons (Fsp3) is 0.700. The normalized spacial score (nSPS) is 12.3. The van der Waals surface area contributed by atoms with E-state index in [0.717, 1.165) is 0 Å². The molecule has 0 aromatic carbocycles. The summed E-state index contributed by atoms with van der Waals surface area (Å²) in [6, 6.07) is 0. The predicted octanol–water partition coefficient (Wildman–Crippen LogP) is 2.62. The Morgan fingerprint density at radius 2 is 2.11 bits per heavy atom. The van der Waals surface area contributed by atoms with Gasteiger partial charge < -0.3 is 10.1 Å². The first kappa shape index (κ1) is 16.3. The standard InChI is InChI=1S/C10H13F5N2OS/c11-8(12)4-18-2-1-9-17-7(5-19-9)3-16-6-10(13,14)15/h5,8,16H,1-4,6H2. The van der Waals surface area contributed by atoms with Crippen molar-refractivity contribution in [2.24, 2.45) is 0 Å². The molecule has 0 saturated carbocycles. The van der Waals surface area contributed by atoms with E-state index in [9.17, 15) is 22.0 Å². The fourth-order valence-corrected chi connectivity index (χ4v) is 1.99. The second kappa shape index (κ2) is 7.71. The van der Waals surface area contributed by atoms with Crippen molar-refractivity contribution >= 4 is 11.3 Å². The maximum atomic E-state index is 11.9. The largest absolute Gasteiger partial charge is 0.401 e. The van der Waals surface area contributed by atoms with E-state index in [0.29, 0.717) is 17.1 Å². The molecule has 0 spiro atoms. The first-order valence-electron chi connectivity index (χ1n) is 5.43. The SMILES string of the molecule is FC(F)COCCc1nc(CNCC(F)(F)F)cs1. The van der Waals surface area contributed by atoms with Crippen molar-refractivity contribution in [1.82, 2.24) is 10.3 Å². The van der Waals surface area contributed by atoms with Crippen LogP contribution in [-0.2, 0) is 17.7 Å². The third-order valence-electron chi connectivity index (χ3n) is 1.93. The number of halogens is 5. The van der Waals surface area contributed by atoms with Gasteiger partial charge in [-0.25, -0.2) is 13.8 Å². The van der Waals surface area contributed by atoms with Crippen molar-refractivity contribution in [3.63, 3.8) is 0 Å². The highest BCUT2D eigenvalue weighted by Crippen LogP contribution is 2.14. The molecule has 3 nitrogen and oxygen atoms in total. The Labute approximate surface area is 110 Å². The maximum Gasteiger partial charge on any atom is 0.401 e. The Morgan fingerprint density at radius 3 is 2.74 bits per heavy atom. The Kier molecular flexibility index (Phi) is 6.59. The third-order valence-corrected chi connectivity index (χ3v) is 2.89. The lowest BCUT2D eigenvalue weighted by molar-refractivity contribution is -0.125. The van der Waals surface area contributed by atoms with E-state index < -0.39 is 25.8 Å². The van der Waals surface area contributed by atoms with Gasteiger partial charge in [-0.15, -0.1) is 11.3 Å². The van der Waals surface area contributed by atoms with Crippen LogP contribution in [0.25, 0.3) is 0 Å². The number of hydrogen-bond donors (Lipinski definition) is 1. The first-order valence-corrected chi connectivity index (χ1v) is 6.31. The molecule has 1 rings (SSSR count). The Hall–Kier alpha value is -0.800. The summed E-state index contributed by atoms with van der Waals surface area (Å²) in [7, 11) is 0. The number of ether oxygens (including phenoxy) is 1. The fourth-order valence-electron chi connectivity index (χ4n) is 1.21. The minimum absolute atomic E-state index is 0.0217. The monoisotopic (exact) mass is 304 g/mol. The Bertz CT molecular complexity index is 369. The summed E-state index contributed by atoms with van der Waals surface area (Å²) in [5, 5.41) is 4.51. The molecule has 0 bridgehead atoms. The molecule has 0 aliphatic carbocycles.